The van der Waals surface area contributed by atoms with Crippen molar-refractivity contribution in [1.82, 2.24) is 0 Å². The molecule has 3 unspecified atom stereocenters. The van der Waals surface area contributed by atoms with Crippen LogP contribution in [-0.2, 0) is 9.53 Å². The van der Waals surface area contributed by atoms with Crippen molar-refractivity contribution in [3.05, 3.63) is 12.2 Å². The molecule has 1 fully saturated rings. The SMILES string of the molecule is O=C(OCC(O)(C(F)(F)F)C(F)(F)F)C1(C(F)(F)F)CC2C=CC1C2. The molecule has 0 aliphatic heterocycles. The summed E-state index contributed by atoms with van der Waals surface area (Å²) >= 11 is 0. The van der Waals surface area contributed by atoms with Crippen LogP contribution in [0.4, 0.5) is 39.5 Å². The second-order valence-electron chi connectivity index (χ2n) is 6.09. The molecule has 3 atom stereocenters. The zero-order chi connectivity index (χ0) is 19.5. The predicted molar refractivity (Wildman–Crippen MR) is 61.9 cm³/mol. The van der Waals surface area contributed by atoms with Crippen molar-refractivity contribution in [2.24, 2.45) is 17.3 Å². The highest BCUT2D eigenvalue weighted by atomic mass is 19.4. The molecular weight excluding hydrogens is 375 g/mol. The van der Waals surface area contributed by atoms with E-state index < -0.39 is 60.4 Å². The quantitative estimate of drug-likeness (QED) is 0.459. The summed E-state index contributed by atoms with van der Waals surface area (Å²) in [4.78, 5) is 11.9. The number of carbonyl (C=O) groups is 1. The molecule has 2 bridgehead atoms. The topological polar surface area (TPSA) is 46.5 Å². The van der Waals surface area contributed by atoms with Crippen LogP contribution in [0.15, 0.2) is 12.2 Å². The molecule has 0 amide bonds. The number of aliphatic hydroxyl groups is 1. The van der Waals surface area contributed by atoms with E-state index in [1.807, 2.05) is 0 Å². The smallest absolute Gasteiger partial charge is 0.429 e. The Bertz CT molecular complexity index is 561. The van der Waals surface area contributed by atoms with E-state index in [-0.39, 0.29) is 6.42 Å². The fraction of sp³-hybridized carbons (Fsp3) is 0.769. The molecule has 0 radical (unpaired) electrons. The Morgan fingerprint density at radius 2 is 1.56 bits per heavy atom. The predicted octanol–water partition coefficient (Wildman–Crippen LogP) is 3.53. The van der Waals surface area contributed by atoms with Gasteiger partial charge in [0.1, 0.15) is 6.61 Å². The second kappa shape index (κ2) is 5.52. The van der Waals surface area contributed by atoms with E-state index in [1.165, 1.54) is 6.08 Å². The number of esters is 1. The van der Waals surface area contributed by atoms with Crippen LogP contribution in [0.25, 0.3) is 0 Å². The van der Waals surface area contributed by atoms with E-state index in [4.69, 9.17) is 5.11 Å². The third-order valence-corrected chi connectivity index (χ3v) is 4.61. The summed E-state index contributed by atoms with van der Waals surface area (Å²) in [6.45, 7) is -2.71. The molecule has 1 N–H and O–H groups in total. The van der Waals surface area contributed by atoms with Crippen molar-refractivity contribution in [1.29, 1.82) is 0 Å². The Kier molecular flexibility index (Phi) is 4.38. The molecule has 0 spiro atoms. The summed E-state index contributed by atoms with van der Waals surface area (Å²) in [6, 6.07) is 0. The molecule has 0 aromatic rings. The summed E-state index contributed by atoms with van der Waals surface area (Å²) in [5.41, 5.74) is -8.68. The molecule has 0 saturated heterocycles. The van der Waals surface area contributed by atoms with E-state index >= 15 is 0 Å². The normalized spacial score (nSPS) is 30.0. The van der Waals surface area contributed by atoms with Gasteiger partial charge in [0, 0.05) is 5.92 Å². The molecule has 25 heavy (non-hydrogen) atoms. The maximum Gasteiger partial charge on any atom is 0.429 e. The van der Waals surface area contributed by atoms with E-state index in [1.54, 1.807) is 0 Å². The van der Waals surface area contributed by atoms with Crippen LogP contribution in [0.1, 0.15) is 12.8 Å². The third-order valence-electron chi connectivity index (χ3n) is 4.61. The van der Waals surface area contributed by atoms with Crippen LogP contribution in [-0.4, -0.2) is 41.8 Å². The van der Waals surface area contributed by atoms with Crippen LogP contribution >= 0.6 is 0 Å². The highest BCUT2D eigenvalue weighted by Gasteiger charge is 2.73. The highest BCUT2D eigenvalue weighted by molar-refractivity contribution is 5.80. The Morgan fingerprint density at radius 3 is 1.88 bits per heavy atom. The van der Waals surface area contributed by atoms with Gasteiger partial charge in [-0.05, 0) is 18.8 Å². The standard InChI is InChI=1S/C13H11F9O3/c14-11(15,16)9(4-6-1-2-7(9)3-6)8(23)25-5-10(24,12(17,18)19)13(20,21)22/h1-2,6-7,24H,3-5H2. The first-order chi connectivity index (χ1) is 11.1. The minimum absolute atomic E-state index is 0.114. The molecule has 144 valence electrons. The Morgan fingerprint density at radius 1 is 1.04 bits per heavy atom. The number of alkyl halides is 9. The van der Waals surface area contributed by atoms with Crippen LogP contribution in [0.5, 0.6) is 0 Å². The fourth-order valence-corrected chi connectivity index (χ4v) is 3.16. The number of fused-ring (bicyclic) bond motifs is 2. The number of ether oxygens (including phenoxy) is 1. The van der Waals surface area contributed by atoms with Gasteiger partial charge >= 0.3 is 24.5 Å². The van der Waals surface area contributed by atoms with Crippen molar-refractivity contribution in [3.8, 4) is 0 Å². The number of halogens is 9. The zero-order valence-electron chi connectivity index (χ0n) is 12.1. The molecule has 0 heterocycles. The Hall–Kier alpha value is -1.46. The molecule has 1 saturated carbocycles. The van der Waals surface area contributed by atoms with Crippen LogP contribution in [0.3, 0.4) is 0 Å². The first-order valence-corrected chi connectivity index (χ1v) is 6.84. The lowest BCUT2D eigenvalue weighted by atomic mass is 9.75. The largest absolute Gasteiger partial charge is 0.461 e. The monoisotopic (exact) mass is 386 g/mol. The number of hydrogen-bond acceptors (Lipinski definition) is 3. The van der Waals surface area contributed by atoms with Gasteiger partial charge in [-0.15, -0.1) is 0 Å². The summed E-state index contributed by atoms with van der Waals surface area (Å²) in [5.74, 6) is -4.37. The molecule has 2 aliphatic carbocycles. The van der Waals surface area contributed by atoms with Crippen molar-refractivity contribution in [2.75, 3.05) is 6.61 Å². The molecule has 0 aromatic heterocycles. The maximum absolute atomic E-state index is 13.4. The fourth-order valence-electron chi connectivity index (χ4n) is 3.16. The Balaban J connectivity index is 2.27. The summed E-state index contributed by atoms with van der Waals surface area (Å²) in [5, 5.41) is 8.87. The van der Waals surface area contributed by atoms with Gasteiger partial charge in [-0.25, -0.2) is 0 Å². The van der Waals surface area contributed by atoms with Crippen molar-refractivity contribution < 1.29 is 54.2 Å². The van der Waals surface area contributed by atoms with E-state index in [0.29, 0.717) is 0 Å². The van der Waals surface area contributed by atoms with Gasteiger partial charge in [-0.2, -0.15) is 39.5 Å². The van der Waals surface area contributed by atoms with Gasteiger partial charge in [0.05, 0.1) is 0 Å². The van der Waals surface area contributed by atoms with Gasteiger partial charge in [0.25, 0.3) is 5.60 Å². The second-order valence-corrected chi connectivity index (χ2v) is 6.09. The van der Waals surface area contributed by atoms with Gasteiger partial charge in [0.2, 0.25) is 0 Å². The van der Waals surface area contributed by atoms with Gasteiger partial charge in [-0.1, -0.05) is 12.2 Å². The van der Waals surface area contributed by atoms with Crippen LogP contribution in [0.2, 0.25) is 0 Å². The number of rotatable bonds is 3. The number of allylic oxidation sites excluding steroid dienone is 2. The van der Waals surface area contributed by atoms with Crippen molar-refractivity contribution >= 4 is 5.97 Å². The molecule has 12 heteroatoms. The molecular formula is C13H11F9O3. The third kappa shape index (κ3) is 2.87. The first-order valence-electron chi connectivity index (χ1n) is 6.84. The minimum Gasteiger partial charge on any atom is -0.461 e. The van der Waals surface area contributed by atoms with Gasteiger partial charge in [-0.3, -0.25) is 4.79 Å². The van der Waals surface area contributed by atoms with Crippen molar-refractivity contribution in [2.45, 2.75) is 37.0 Å². The molecule has 0 aromatic carbocycles. The zero-order valence-corrected chi connectivity index (χ0v) is 12.1. The summed E-state index contributed by atoms with van der Waals surface area (Å²) < 4.78 is 119. The average molecular weight is 386 g/mol. The molecule has 2 rings (SSSR count). The summed E-state index contributed by atoms with van der Waals surface area (Å²) in [7, 11) is 0. The number of carbonyl (C=O) groups excluding carboxylic acids is 1. The summed E-state index contributed by atoms with van der Waals surface area (Å²) in [6.07, 6.45) is -16.3. The van der Waals surface area contributed by atoms with E-state index in [9.17, 15) is 44.3 Å². The van der Waals surface area contributed by atoms with Gasteiger partial charge < -0.3 is 9.84 Å². The van der Waals surface area contributed by atoms with E-state index in [0.717, 1.165) is 6.08 Å². The van der Waals surface area contributed by atoms with E-state index in [2.05, 4.69) is 4.74 Å². The average Bonchev–Trinajstić information content (AvgIpc) is 3.01. The Labute approximate surface area is 134 Å². The van der Waals surface area contributed by atoms with Gasteiger partial charge in [0.15, 0.2) is 5.41 Å². The van der Waals surface area contributed by atoms with Crippen LogP contribution < -0.4 is 0 Å². The lowest BCUT2D eigenvalue weighted by Crippen LogP contribution is -2.61. The highest BCUT2D eigenvalue weighted by Crippen LogP contribution is 2.60. The maximum atomic E-state index is 13.4. The molecule has 2 aliphatic rings. The van der Waals surface area contributed by atoms with Crippen molar-refractivity contribution in [3.63, 3.8) is 0 Å². The molecule has 3 nitrogen and oxygen atoms in total. The first kappa shape index (κ1) is 19.9. The lowest BCUT2D eigenvalue weighted by Gasteiger charge is -2.37. The number of hydrogen-bond donors (Lipinski definition) is 1. The lowest BCUT2D eigenvalue weighted by molar-refractivity contribution is -0.376. The van der Waals surface area contributed by atoms with Crippen LogP contribution in [0, 0.1) is 17.3 Å². The minimum atomic E-state index is -6.30.